The Labute approximate surface area is 335 Å². The van der Waals surface area contributed by atoms with Crippen LogP contribution in [-0.4, -0.2) is 25.3 Å². The summed E-state index contributed by atoms with van der Waals surface area (Å²) in [6, 6.07) is 20.2. The standard InChI is InChI=1S/C32H46O3.C11H22.C4H9N.C3H8/c1-6-7-8-9-10-11-12-13-20-25-30(33)34-31(26(2)3)35-32(27(4)5,28-21-16-14-17-22-28)29-23-18-15-19-24-29;1-4-5-11-7-9(2)6-10(3)8-11;1-2-4-5-3-1;1-3-2/h14-19,21-24,26,31H,4,6-13,20,25H2,1-3,5H3;9-11H,4-8H2,1-3H3;5H,1-4H2;3H2,1-2H3. The second-order valence-electron chi connectivity index (χ2n) is 16.7. The van der Waals surface area contributed by atoms with Crippen LogP contribution in [0, 0.1) is 23.7 Å². The van der Waals surface area contributed by atoms with Crippen molar-refractivity contribution in [2.24, 2.45) is 23.7 Å². The van der Waals surface area contributed by atoms with Gasteiger partial charge >= 0.3 is 5.97 Å². The molecule has 1 heterocycles. The van der Waals surface area contributed by atoms with Crippen LogP contribution in [0.2, 0.25) is 0 Å². The Bertz CT molecular complexity index is 1120. The third-order valence-electron chi connectivity index (χ3n) is 10.5. The Kier molecular flexibility index (Phi) is 28.2. The summed E-state index contributed by atoms with van der Waals surface area (Å²) in [4.78, 5) is 12.8. The number of rotatable bonds is 19. The molecule has 1 N–H and O–H groups in total. The van der Waals surface area contributed by atoms with E-state index in [9.17, 15) is 4.79 Å². The first kappa shape index (κ1) is 49.6. The zero-order chi connectivity index (χ0) is 40.0. The van der Waals surface area contributed by atoms with Crippen molar-refractivity contribution in [1.29, 1.82) is 0 Å². The van der Waals surface area contributed by atoms with E-state index in [4.69, 9.17) is 9.47 Å². The molecule has 1 saturated carbocycles. The Hall–Kier alpha value is -2.43. The summed E-state index contributed by atoms with van der Waals surface area (Å²) in [5, 5.41) is 3.22. The van der Waals surface area contributed by atoms with Crippen molar-refractivity contribution in [3.63, 3.8) is 0 Å². The molecule has 0 bridgehead atoms. The van der Waals surface area contributed by atoms with Crippen LogP contribution < -0.4 is 5.32 Å². The molecular formula is C50H85NO3. The van der Waals surface area contributed by atoms with E-state index in [-0.39, 0.29) is 11.9 Å². The minimum atomic E-state index is -0.907. The average Bonchev–Trinajstić information content (AvgIpc) is 3.74. The van der Waals surface area contributed by atoms with Crippen LogP contribution in [0.3, 0.4) is 0 Å². The molecule has 2 fully saturated rings. The van der Waals surface area contributed by atoms with Gasteiger partial charge < -0.3 is 14.8 Å². The number of esters is 1. The second-order valence-corrected chi connectivity index (χ2v) is 16.7. The molecule has 2 aromatic rings. The summed E-state index contributed by atoms with van der Waals surface area (Å²) in [5.74, 6) is 2.85. The molecule has 4 nitrogen and oxygen atoms in total. The first-order valence-electron chi connectivity index (χ1n) is 22.4. The lowest BCUT2D eigenvalue weighted by molar-refractivity contribution is -0.213. The Morgan fingerprint density at radius 1 is 0.741 bits per heavy atom. The van der Waals surface area contributed by atoms with E-state index in [1.165, 1.54) is 109 Å². The van der Waals surface area contributed by atoms with Crippen LogP contribution in [0.15, 0.2) is 72.8 Å². The van der Waals surface area contributed by atoms with E-state index >= 15 is 0 Å². The van der Waals surface area contributed by atoms with Gasteiger partial charge in [0.15, 0.2) is 0 Å². The molecule has 4 heteroatoms. The van der Waals surface area contributed by atoms with Gasteiger partial charge in [0.05, 0.1) is 0 Å². The lowest BCUT2D eigenvalue weighted by Gasteiger charge is -2.39. The van der Waals surface area contributed by atoms with E-state index in [0.717, 1.165) is 47.3 Å². The Morgan fingerprint density at radius 3 is 1.59 bits per heavy atom. The summed E-state index contributed by atoms with van der Waals surface area (Å²) in [6.45, 7) is 26.5. The average molecular weight is 748 g/mol. The van der Waals surface area contributed by atoms with Gasteiger partial charge in [-0.05, 0) is 93.0 Å². The van der Waals surface area contributed by atoms with Crippen LogP contribution in [0.1, 0.15) is 189 Å². The molecule has 0 aromatic heterocycles. The monoisotopic (exact) mass is 748 g/mol. The van der Waals surface area contributed by atoms with Crippen molar-refractivity contribution >= 4 is 5.97 Å². The Balaban J connectivity index is 0.000000619. The largest absolute Gasteiger partial charge is 0.435 e. The summed E-state index contributed by atoms with van der Waals surface area (Å²) in [7, 11) is 0. The van der Waals surface area contributed by atoms with Crippen LogP contribution in [-0.2, 0) is 19.9 Å². The van der Waals surface area contributed by atoms with Crippen molar-refractivity contribution in [2.45, 2.75) is 190 Å². The minimum absolute atomic E-state index is 0.00628. The van der Waals surface area contributed by atoms with E-state index in [1.54, 1.807) is 0 Å². The third kappa shape index (κ3) is 20.5. The third-order valence-corrected chi connectivity index (χ3v) is 10.5. The molecule has 0 amide bonds. The zero-order valence-electron chi connectivity index (χ0n) is 36.7. The highest BCUT2D eigenvalue weighted by Gasteiger charge is 2.40. The molecule has 2 aromatic carbocycles. The predicted molar refractivity (Wildman–Crippen MR) is 235 cm³/mol. The molecule has 4 rings (SSSR count). The smallest absolute Gasteiger partial charge is 0.308 e. The van der Waals surface area contributed by atoms with Gasteiger partial charge in [-0.2, -0.15) is 0 Å². The van der Waals surface area contributed by atoms with E-state index in [1.807, 2.05) is 81.4 Å². The first-order valence-corrected chi connectivity index (χ1v) is 22.4. The number of ether oxygens (including phenoxy) is 2. The fourth-order valence-electron chi connectivity index (χ4n) is 7.86. The molecule has 0 radical (unpaired) electrons. The maximum absolute atomic E-state index is 12.8. The predicted octanol–water partition coefficient (Wildman–Crippen LogP) is 14.6. The summed E-state index contributed by atoms with van der Waals surface area (Å²) in [6.07, 6.45) is 22.1. The summed E-state index contributed by atoms with van der Waals surface area (Å²) >= 11 is 0. The fraction of sp³-hybridized carbons (Fsp3) is 0.700. The van der Waals surface area contributed by atoms with Crippen molar-refractivity contribution in [3.8, 4) is 0 Å². The molecule has 3 atom stereocenters. The number of nitrogens with one attached hydrogen (secondary N) is 1. The van der Waals surface area contributed by atoms with Crippen LogP contribution in [0.4, 0.5) is 0 Å². The Morgan fingerprint density at radius 2 is 1.20 bits per heavy atom. The molecule has 1 aliphatic heterocycles. The minimum Gasteiger partial charge on any atom is -0.435 e. The second kappa shape index (κ2) is 30.7. The molecule has 308 valence electrons. The summed E-state index contributed by atoms with van der Waals surface area (Å²) < 4.78 is 12.7. The van der Waals surface area contributed by atoms with Crippen LogP contribution in [0.25, 0.3) is 0 Å². The van der Waals surface area contributed by atoms with Gasteiger partial charge in [-0.15, -0.1) is 0 Å². The van der Waals surface area contributed by atoms with Gasteiger partial charge in [0.25, 0.3) is 0 Å². The SMILES string of the molecule is C1CCNC1.C=C(C)C(OC(OC(=O)CCCCCCCCCCC)C(C)C)(c1ccccc1)c1ccccc1.CCC.CCCC1CC(C)CC(C)C1. The fourth-order valence-corrected chi connectivity index (χ4v) is 7.86. The number of benzene rings is 2. The van der Waals surface area contributed by atoms with Gasteiger partial charge in [-0.3, -0.25) is 4.79 Å². The quantitative estimate of drug-likeness (QED) is 0.0673. The van der Waals surface area contributed by atoms with Crippen LogP contribution in [0.5, 0.6) is 0 Å². The lowest BCUT2D eigenvalue weighted by atomic mass is 9.75. The first-order chi connectivity index (χ1) is 26.0. The van der Waals surface area contributed by atoms with Gasteiger partial charge in [0, 0.05) is 12.3 Å². The van der Waals surface area contributed by atoms with E-state index < -0.39 is 11.9 Å². The normalized spacial score (nSPS) is 18.6. The molecule has 54 heavy (non-hydrogen) atoms. The van der Waals surface area contributed by atoms with Crippen molar-refractivity contribution in [2.75, 3.05) is 13.1 Å². The van der Waals surface area contributed by atoms with E-state index in [0.29, 0.717) is 6.42 Å². The summed E-state index contributed by atoms with van der Waals surface area (Å²) in [5.41, 5.74) is 1.88. The van der Waals surface area contributed by atoms with Crippen molar-refractivity contribution in [3.05, 3.63) is 83.9 Å². The van der Waals surface area contributed by atoms with Crippen molar-refractivity contribution < 1.29 is 14.3 Å². The lowest BCUT2D eigenvalue weighted by Crippen LogP contribution is -2.40. The number of carbonyl (C=O) groups excluding carboxylic acids is 1. The molecule has 2 aliphatic rings. The van der Waals surface area contributed by atoms with E-state index in [2.05, 4.69) is 53.4 Å². The zero-order valence-corrected chi connectivity index (χ0v) is 36.7. The highest BCUT2D eigenvalue weighted by atomic mass is 16.7. The number of hydrogen-bond donors (Lipinski definition) is 1. The van der Waals surface area contributed by atoms with Gasteiger partial charge in [0.2, 0.25) is 6.29 Å². The van der Waals surface area contributed by atoms with Gasteiger partial charge in [-0.1, -0.05) is 193 Å². The molecule has 1 aliphatic carbocycles. The van der Waals surface area contributed by atoms with Crippen molar-refractivity contribution in [1.82, 2.24) is 5.32 Å². The maximum atomic E-state index is 12.8. The molecule has 1 saturated heterocycles. The number of carbonyl (C=O) groups is 1. The van der Waals surface area contributed by atoms with Gasteiger partial charge in [0.1, 0.15) is 5.60 Å². The van der Waals surface area contributed by atoms with Gasteiger partial charge in [-0.25, -0.2) is 0 Å². The number of unbranched alkanes of at least 4 members (excludes halogenated alkanes) is 8. The molecular weight excluding hydrogens is 663 g/mol. The highest BCUT2D eigenvalue weighted by molar-refractivity contribution is 5.69. The molecule has 3 unspecified atom stereocenters. The molecule has 0 spiro atoms. The highest BCUT2D eigenvalue weighted by Crippen LogP contribution is 2.42. The van der Waals surface area contributed by atoms with Crippen LogP contribution >= 0.6 is 0 Å². The number of hydrogen-bond acceptors (Lipinski definition) is 4. The maximum Gasteiger partial charge on any atom is 0.308 e. The topological polar surface area (TPSA) is 47.6 Å².